The van der Waals surface area contributed by atoms with E-state index >= 15 is 0 Å². The van der Waals surface area contributed by atoms with Crippen molar-refractivity contribution in [3.63, 3.8) is 0 Å². The minimum Gasteiger partial charge on any atom is -0.345 e. The summed E-state index contributed by atoms with van der Waals surface area (Å²) in [5.74, 6) is -3.21. The Balaban J connectivity index is 2.15. The predicted octanol–water partition coefficient (Wildman–Crippen LogP) is 3.29. The zero-order valence-corrected chi connectivity index (χ0v) is 15.1. The van der Waals surface area contributed by atoms with Gasteiger partial charge in [0, 0.05) is 12.5 Å². The van der Waals surface area contributed by atoms with Crippen LogP contribution < -0.4 is 5.32 Å². The van der Waals surface area contributed by atoms with Crippen molar-refractivity contribution in [3.05, 3.63) is 53.7 Å². The van der Waals surface area contributed by atoms with Crippen molar-refractivity contribution < 1.29 is 22.0 Å². The molecule has 0 fully saturated rings. The van der Waals surface area contributed by atoms with E-state index in [0.717, 1.165) is 6.26 Å². The van der Waals surface area contributed by atoms with E-state index in [1.54, 1.807) is 19.1 Å². The van der Waals surface area contributed by atoms with Crippen molar-refractivity contribution in [2.75, 3.05) is 6.26 Å². The van der Waals surface area contributed by atoms with Crippen molar-refractivity contribution in [1.82, 2.24) is 10.3 Å². The van der Waals surface area contributed by atoms with Gasteiger partial charge in [0.05, 0.1) is 16.5 Å². The van der Waals surface area contributed by atoms with Gasteiger partial charge in [-0.2, -0.15) is 8.78 Å². The Kier molecular flexibility index (Phi) is 6.12. The largest absolute Gasteiger partial charge is 0.345 e. The number of alkyl halides is 2. The average Bonchev–Trinajstić information content (AvgIpc) is 2.54. The molecule has 0 saturated heterocycles. The first-order valence-electron chi connectivity index (χ1n) is 7.19. The second-order valence-corrected chi connectivity index (χ2v) is 8.27. The molecule has 5 nitrogen and oxygen atoms in total. The van der Waals surface area contributed by atoms with Crippen LogP contribution in [-0.4, -0.2) is 31.3 Å². The number of sulfone groups is 1. The number of carbonyl (C=O) groups is 1. The maximum atomic E-state index is 12.6. The van der Waals surface area contributed by atoms with Crippen molar-refractivity contribution in [1.29, 1.82) is 0 Å². The molecule has 0 spiro atoms. The molecule has 0 bridgehead atoms. The number of rotatable bonds is 6. The first-order chi connectivity index (χ1) is 11.7. The second-order valence-electron chi connectivity index (χ2n) is 5.27. The zero-order chi connectivity index (χ0) is 18.6. The molecule has 1 heterocycles. The first-order valence-corrected chi connectivity index (χ1v) is 9.96. The highest BCUT2D eigenvalue weighted by atomic mass is 32.2. The van der Waals surface area contributed by atoms with Gasteiger partial charge in [-0.1, -0.05) is 12.1 Å². The van der Waals surface area contributed by atoms with Crippen molar-refractivity contribution in [2.24, 2.45) is 0 Å². The third-order valence-electron chi connectivity index (χ3n) is 3.37. The molecule has 1 atom stereocenters. The lowest BCUT2D eigenvalue weighted by atomic mass is 10.1. The molecule has 134 valence electrons. The Morgan fingerprint density at radius 3 is 2.40 bits per heavy atom. The summed E-state index contributed by atoms with van der Waals surface area (Å²) in [6.07, 6.45) is 2.45. The van der Waals surface area contributed by atoms with Crippen LogP contribution in [0.2, 0.25) is 0 Å². The van der Waals surface area contributed by atoms with Crippen LogP contribution in [0, 0.1) is 0 Å². The van der Waals surface area contributed by atoms with Crippen LogP contribution in [0.3, 0.4) is 0 Å². The van der Waals surface area contributed by atoms with Crippen LogP contribution in [0.1, 0.15) is 28.9 Å². The summed E-state index contributed by atoms with van der Waals surface area (Å²) in [5, 5.41) is 2.65. The maximum Gasteiger partial charge on any atom is 0.290 e. The number of nitrogens with zero attached hydrogens (tertiary/aromatic N) is 1. The molecule has 1 aromatic carbocycles. The van der Waals surface area contributed by atoms with Gasteiger partial charge in [-0.15, -0.1) is 0 Å². The molecule has 2 aromatic rings. The molecule has 1 unspecified atom stereocenters. The van der Waals surface area contributed by atoms with E-state index in [4.69, 9.17) is 0 Å². The molecule has 0 aliphatic heterocycles. The maximum absolute atomic E-state index is 12.6. The Morgan fingerprint density at radius 2 is 1.84 bits per heavy atom. The van der Waals surface area contributed by atoms with Crippen LogP contribution in [-0.2, 0) is 9.84 Å². The summed E-state index contributed by atoms with van der Waals surface area (Å²) in [7, 11) is -3.30. The first kappa shape index (κ1) is 19.3. The Hall–Kier alpha value is -2.00. The molecule has 1 aromatic heterocycles. The number of nitrogens with one attached hydrogen (secondary N) is 1. The number of aromatic nitrogens is 1. The number of benzene rings is 1. The minimum absolute atomic E-state index is 0.0466. The Morgan fingerprint density at radius 1 is 1.20 bits per heavy atom. The summed E-state index contributed by atoms with van der Waals surface area (Å²) in [6.45, 7) is 1.71. The lowest BCUT2D eigenvalue weighted by molar-refractivity contribution is 0.0936. The normalized spacial score (nSPS) is 12.8. The standard InChI is InChI=1S/C16H16F2N2O3S2/c1-10(11-5-7-12(8-6-11)25(2,22)23)20-14(21)13-4-3-9-19-15(13)24-16(17)18/h3-10,16H,1-2H3,(H,20,21). The summed E-state index contributed by atoms with van der Waals surface area (Å²) in [5.41, 5.74) is 0.750. The van der Waals surface area contributed by atoms with E-state index in [2.05, 4.69) is 10.3 Å². The molecule has 0 aliphatic carbocycles. The quantitative estimate of drug-likeness (QED) is 0.771. The van der Waals surface area contributed by atoms with Crippen molar-refractivity contribution >= 4 is 27.5 Å². The molecule has 9 heteroatoms. The predicted molar refractivity (Wildman–Crippen MR) is 91.5 cm³/mol. The monoisotopic (exact) mass is 386 g/mol. The molecule has 2 rings (SSSR count). The van der Waals surface area contributed by atoms with Gasteiger partial charge in [-0.25, -0.2) is 13.4 Å². The van der Waals surface area contributed by atoms with Crippen LogP contribution in [0.4, 0.5) is 8.78 Å². The number of hydrogen-bond donors (Lipinski definition) is 1. The Labute approximate surface area is 148 Å². The van der Waals surface area contributed by atoms with E-state index in [9.17, 15) is 22.0 Å². The molecule has 0 saturated carbocycles. The lowest BCUT2D eigenvalue weighted by Crippen LogP contribution is -2.27. The summed E-state index contributed by atoms with van der Waals surface area (Å²) >= 11 is 0.209. The second kappa shape index (κ2) is 7.92. The lowest BCUT2D eigenvalue weighted by Gasteiger charge is -2.16. The smallest absolute Gasteiger partial charge is 0.290 e. The highest BCUT2D eigenvalue weighted by molar-refractivity contribution is 7.99. The minimum atomic E-state index is -3.30. The molecule has 25 heavy (non-hydrogen) atoms. The highest BCUT2D eigenvalue weighted by Gasteiger charge is 2.19. The third-order valence-corrected chi connectivity index (χ3v) is 5.23. The number of amides is 1. The molecule has 0 radical (unpaired) electrons. The van der Waals surface area contributed by atoms with Crippen molar-refractivity contribution in [2.45, 2.75) is 28.6 Å². The number of thioether (sulfide) groups is 1. The van der Waals surface area contributed by atoms with Gasteiger partial charge in [0.1, 0.15) is 5.03 Å². The van der Waals surface area contributed by atoms with Crippen LogP contribution in [0.25, 0.3) is 0 Å². The molecular formula is C16H16F2N2O3S2. The van der Waals surface area contributed by atoms with Crippen LogP contribution >= 0.6 is 11.8 Å². The fourth-order valence-corrected chi connectivity index (χ4v) is 3.31. The van der Waals surface area contributed by atoms with Gasteiger partial charge >= 0.3 is 0 Å². The van der Waals surface area contributed by atoms with E-state index in [1.807, 2.05) is 0 Å². The Bertz CT molecular complexity index is 856. The number of hydrogen-bond acceptors (Lipinski definition) is 5. The van der Waals surface area contributed by atoms with E-state index < -0.39 is 27.5 Å². The van der Waals surface area contributed by atoms with Gasteiger partial charge in [0.25, 0.3) is 11.7 Å². The number of pyridine rings is 1. The fourth-order valence-electron chi connectivity index (χ4n) is 2.10. The molecule has 1 N–H and O–H groups in total. The molecular weight excluding hydrogens is 370 g/mol. The highest BCUT2D eigenvalue weighted by Crippen LogP contribution is 2.26. The molecule has 1 amide bonds. The van der Waals surface area contributed by atoms with Crippen LogP contribution in [0.15, 0.2) is 52.5 Å². The van der Waals surface area contributed by atoms with Gasteiger partial charge in [-0.05, 0) is 48.5 Å². The van der Waals surface area contributed by atoms with E-state index in [1.165, 1.54) is 30.5 Å². The van der Waals surface area contributed by atoms with E-state index in [-0.39, 0.29) is 27.2 Å². The van der Waals surface area contributed by atoms with Crippen molar-refractivity contribution in [3.8, 4) is 0 Å². The topological polar surface area (TPSA) is 76.1 Å². The summed E-state index contributed by atoms with van der Waals surface area (Å²) < 4.78 is 48.1. The summed E-state index contributed by atoms with van der Waals surface area (Å²) in [6, 6.07) is 8.58. The average molecular weight is 386 g/mol. The van der Waals surface area contributed by atoms with Gasteiger partial charge < -0.3 is 5.32 Å². The van der Waals surface area contributed by atoms with Gasteiger partial charge in [0.2, 0.25) is 0 Å². The van der Waals surface area contributed by atoms with E-state index in [0.29, 0.717) is 5.56 Å². The fraction of sp³-hybridized carbons (Fsp3) is 0.250. The molecule has 0 aliphatic rings. The number of halogens is 2. The van der Waals surface area contributed by atoms with Crippen LogP contribution in [0.5, 0.6) is 0 Å². The SMILES string of the molecule is CC(NC(=O)c1cccnc1SC(F)F)c1ccc(S(C)(=O)=O)cc1. The third kappa shape index (κ3) is 5.23. The summed E-state index contributed by atoms with van der Waals surface area (Å²) in [4.78, 5) is 16.3. The van der Waals surface area contributed by atoms with Gasteiger partial charge in [0.15, 0.2) is 9.84 Å². The number of carbonyl (C=O) groups excluding carboxylic acids is 1. The van der Waals surface area contributed by atoms with Gasteiger partial charge in [-0.3, -0.25) is 4.79 Å². The zero-order valence-electron chi connectivity index (χ0n) is 13.4.